The van der Waals surface area contributed by atoms with E-state index in [1.54, 1.807) is 18.2 Å². The standard InChI is InChI=1S/C15H10BrCl2N3O/c1-8-13(16)21-6-2-3-12(14(21)19-8)20-15(22)10-7-9(17)4-5-11(10)18/h2-7H,1H3,(H,20,22). The van der Waals surface area contributed by atoms with Gasteiger partial charge < -0.3 is 5.32 Å². The fourth-order valence-corrected chi connectivity index (χ4v) is 2.86. The Bertz CT molecular complexity index is 892. The third kappa shape index (κ3) is 2.72. The number of amides is 1. The summed E-state index contributed by atoms with van der Waals surface area (Å²) in [7, 11) is 0. The Labute approximate surface area is 145 Å². The fraction of sp³-hybridized carbons (Fsp3) is 0.0667. The van der Waals surface area contributed by atoms with Crippen molar-refractivity contribution in [2.75, 3.05) is 5.32 Å². The van der Waals surface area contributed by atoms with Crippen LogP contribution in [0, 0.1) is 6.92 Å². The highest BCUT2D eigenvalue weighted by atomic mass is 79.9. The van der Waals surface area contributed by atoms with Crippen molar-refractivity contribution in [3.05, 3.63) is 62.4 Å². The summed E-state index contributed by atoms with van der Waals surface area (Å²) in [6.07, 6.45) is 1.86. The van der Waals surface area contributed by atoms with Crippen LogP contribution in [0.1, 0.15) is 16.1 Å². The smallest absolute Gasteiger partial charge is 0.257 e. The Hall–Kier alpha value is -1.56. The number of hydrogen-bond acceptors (Lipinski definition) is 2. The van der Waals surface area contributed by atoms with Crippen molar-refractivity contribution in [1.82, 2.24) is 9.38 Å². The Balaban J connectivity index is 2.01. The number of hydrogen-bond donors (Lipinski definition) is 1. The summed E-state index contributed by atoms with van der Waals surface area (Å²) in [5.74, 6) is -0.336. The van der Waals surface area contributed by atoms with Crippen molar-refractivity contribution >= 4 is 56.4 Å². The van der Waals surface area contributed by atoms with E-state index in [2.05, 4.69) is 26.2 Å². The van der Waals surface area contributed by atoms with E-state index in [-0.39, 0.29) is 5.91 Å². The fourth-order valence-electron chi connectivity index (χ4n) is 2.11. The monoisotopic (exact) mass is 397 g/mol. The molecular formula is C15H10BrCl2N3O. The minimum Gasteiger partial charge on any atom is -0.319 e. The minimum absolute atomic E-state index is 0.318. The van der Waals surface area contributed by atoms with Gasteiger partial charge in [0.15, 0.2) is 5.65 Å². The van der Waals surface area contributed by atoms with Gasteiger partial charge in [-0.3, -0.25) is 9.20 Å². The van der Waals surface area contributed by atoms with Crippen molar-refractivity contribution in [3.8, 4) is 0 Å². The van der Waals surface area contributed by atoms with E-state index in [9.17, 15) is 4.79 Å². The van der Waals surface area contributed by atoms with Gasteiger partial charge in [-0.15, -0.1) is 0 Å². The van der Waals surface area contributed by atoms with Gasteiger partial charge in [-0.25, -0.2) is 4.98 Å². The molecule has 7 heteroatoms. The number of nitrogens with one attached hydrogen (secondary N) is 1. The molecule has 3 aromatic rings. The SMILES string of the molecule is Cc1nc2c(NC(=O)c3cc(Cl)ccc3Cl)cccn2c1Br. The zero-order valence-electron chi connectivity index (χ0n) is 11.4. The third-order valence-corrected chi connectivity index (χ3v) is 4.69. The summed E-state index contributed by atoms with van der Waals surface area (Å²) in [6, 6.07) is 8.37. The number of halogens is 3. The maximum absolute atomic E-state index is 12.4. The molecule has 0 aliphatic heterocycles. The number of carbonyl (C=O) groups excluding carboxylic acids is 1. The summed E-state index contributed by atoms with van der Waals surface area (Å²) in [5.41, 5.74) is 2.40. The Morgan fingerprint density at radius 2 is 2.09 bits per heavy atom. The van der Waals surface area contributed by atoms with Crippen LogP contribution >= 0.6 is 39.1 Å². The van der Waals surface area contributed by atoms with Crippen LogP contribution in [-0.4, -0.2) is 15.3 Å². The first kappa shape index (κ1) is 15.3. The van der Waals surface area contributed by atoms with Crippen LogP contribution in [0.4, 0.5) is 5.69 Å². The van der Waals surface area contributed by atoms with Gasteiger partial charge in [-0.05, 0) is 53.2 Å². The number of rotatable bonds is 2. The Morgan fingerprint density at radius 1 is 1.32 bits per heavy atom. The average molecular weight is 399 g/mol. The van der Waals surface area contributed by atoms with Gasteiger partial charge >= 0.3 is 0 Å². The molecule has 0 bridgehead atoms. The predicted octanol–water partition coefficient (Wildman–Crippen LogP) is 4.96. The Kier molecular flexibility index (Phi) is 4.12. The van der Waals surface area contributed by atoms with Crippen molar-refractivity contribution in [2.24, 2.45) is 0 Å². The van der Waals surface area contributed by atoms with Crippen LogP contribution in [-0.2, 0) is 0 Å². The number of benzene rings is 1. The number of nitrogens with zero attached hydrogens (tertiary/aromatic N) is 2. The third-order valence-electron chi connectivity index (χ3n) is 3.17. The van der Waals surface area contributed by atoms with Crippen LogP contribution in [0.5, 0.6) is 0 Å². The lowest BCUT2D eigenvalue weighted by atomic mass is 10.2. The molecule has 112 valence electrons. The summed E-state index contributed by atoms with van der Waals surface area (Å²) in [6.45, 7) is 1.89. The van der Waals surface area contributed by atoms with Crippen LogP contribution in [0.15, 0.2) is 41.1 Å². The van der Waals surface area contributed by atoms with Gasteiger partial charge in [-0.2, -0.15) is 0 Å². The molecule has 0 saturated heterocycles. The van der Waals surface area contributed by atoms with Crippen molar-refractivity contribution in [2.45, 2.75) is 6.92 Å². The van der Waals surface area contributed by atoms with Gasteiger partial charge in [0.2, 0.25) is 0 Å². The molecule has 0 unspecified atom stereocenters. The van der Waals surface area contributed by atoms with Crippen LogP contribution in [0.2, 0.25) is 10.0 Å². The number of fused-ring (bicyclic) bond motifs is 1. The number of carbonyl (C=O) groups is 1. The second-order valence-electron chi connectivity index (χ2n) is 4.68. The normalized spacial score (nSPS) is 10.9. The predicted molar refractivity (Wildman–Crippen MR) is 92.0 cm³/mol. The first-order chi connectivity index (χ1) is 10.5. The molecule has 0 saturated carbocycles. The first-order valence-electron chi connectivity index (χ1n) is 6.37. The lowest BCUT2D eigenvalue weighted by Crippen LogP contribution is -2.13. The second kappa shape index (κ2) is 5.91. The van der Waals surface area contributed by atoms with Crippen LogP contribution in [0.3, 0.4) is 0 Å². The highest BCUT2D eigenvalue weighted by molar-refractivity contribution is 9.10. The van der Waals surface area contributed by atoms with E-state index in [1.807, 2.05) is 23.6 Å². The molecule has 0 aliphatic carbocycles. The topological polar surface area (TPSA) is 46.4 Å². The van der Waals surface area contributed by atoms with E-state index in [4.69, 9.17) is 23.2 Å². The number of aryl methyl sites for hydroxylation is 1. The minimum atomic E-state index is -0.336. The molecule has 0 radical (unpaired) electrons. The highest BCUT2D eigenvalue weighted by Crippen LogP contribution is 2.25. The molecule has 22 heavy (non-hydrogen) atoms. The highest BCUT2D eigenvalue weighted by Gasteiger charge is 2.15. The summed E-state index contributed by atoms with van der Waals surface area (Å²) >= 11 is 15.4. The van der Waals surface area contributed by atoms with E-state index in [0.717, 1.165) is 10.3 Å². The van der Waals surface area contributed by atoms with Gasteiger partial charge in [0.25, 0.3) is 5.91 Å². The lowest BCUT2D eigenvalue weighted by molar-refractivity contribution is 0.102. The average Bonchev–Trinajstić information content (AvgIpc) is 2.78. The van der Waals surface area contributed by atoms with Gasteiger partial charge in [-0.1, -0.05) is 23.2 Å². The van der Waals surface area contributed by atoms with Crippen LogP contribution in [0.25, 0.3) is 5.65 Å². The first-order valence-corrected chi connectivity index (χ1v) is 7.92. The molecule has 0 fully saturated rings. The maximum atomic E-state index is 12.4. The summed E-state index contributed by atoms with van der Waals surface area (Å²) in [5, 5.41) is 3.62. The molecule has 1 N–H and O–H groups in total. The molecule has 2 aromatic heterocycles. The zero-order valence-corrected chi connectivity index (χ0v) is 14.5. The van der Waals surface area contributed by atoms with E-state index >= 15 is 0 Å². The molecule has 3 rings (SSSR count). The molecular weight excluding hydrogens is 389 g/mol. The summed E-state index contributed by atoms with van der Waals surface area (Å²) < 4.78 is 2.70. The number of imidazole rings is 1. The van der Waals surface area contributed by atoms with Crippen LogP contribution < -0.4 is 5.32 Å². The zero-order chi connectivity index (χ0) is 15.9. The van der Waals surface area contributed by atoms with Crippen molar-refractivity contribution < 1.29 is 4.79 Å². The number of anilines is 1. The molecule has 1 amide bonds. The summed E-state index contributed by atoms with van der Waals surface area (Å²) in [4.78, 5) is 16.9. The van der Waals surface area contributed by atoms with E-state index in [1.165, 1.54) is 6.07 Å². The molecule has 4 nitrogen and oxygen atoms in total. The lowest BCUT2D eigenvalue weighted by Gasteiger charge is -2.08. The molecule has 0 aliphatic rings. The number of aromatic nitrogens is 2. The van der Waals surface area contributed by atoms with Gasteiger partial charge in [0, 0.05) is 11.2 Å². The van der Waals surface area contributed by atoms with Crippen molar-refractivity contribution in [3.63, 3.8) is 0 Å². The van der Waals surface area contributed by atoms with Crippen molar-refractivity contribution in [1.29, 1.82) is 0 Å². The Morgan fingerprint density at radius 3 is 2.86 bits per heavy atom. The van der Waals surface area contributed by atoms with E-state index < -0.39 is 0 Å². The second-order valence-corrected chi connectivity index (χ2v) is 6.28. The quantitative estimate of drug-likeness (QED) is 0.662. The molecule has 1 aromatic carbocycles. The largest absolute Gasteiger partial charge is 0.319 e. The molecule has 0 atom stereocenters. The van der Waals surface area contributed by atoms with Gasteiger partial charge in [0.1, 0.15) is 4.60 Å². The van der Waals surface area contributed by atoms with E-state index in [0.29, 0.717) is 26.9 Å². The molecule has 2 heterocycles. The maximum Gasteiger partial charge on any atom is 0.257 e. The van der Waals surface area contributed by atoms with Gasteiger partial charge in [0.05, 0.1) is 22.0 Å². The molecule has 0 spiro atoms. The number of pyridine rings is 1.